The van der Waals surface area contributed by atoms with Gasteiger partial charge in [0.15, 0.2) is 0 Å². The third-order valence-corrected chi connectivity index (χ3v) is 3.79. The molecule has 1 unspecified atom stereocenters. The number of hydrogen-bond donors (Lipinski definition) is 0. The molecule has 1 aliphatic carbocycles. The molecule has 0 heteroatoms. The summed E-state index contributed by atoms with van der Waals surface area (Å²) in [6.45, 7) is 14.2. The SMILES string of the molecule is CC1=C(C)C(C(C)C)C(C)(C)CC1. The van der Waals surface area contributed by atoms with E-state index in [1.54, 1.807) is 11.1 Å². The standard InChI is InChI=1S/C13H24/c1-9(2)12-11(4)10(3)7-8-13(12,5)6/h9,12H,7-8H2,1-6H3. The van der Waals surface area contributed by atoms with Crippen LogP contribution in [-0.2, 0) is 0 Å². The van der Waals surface area contributed by atoms with Crippen molar-refractivity contribution in [2.24, 2.45) is 17.3 Å². The summed E-state index contributed by atoms with van der Waals surface area (Å²) in [5.41, 5.74) is 3.81. The second-order valence-corrected chi connectivity index (χ2v) is 5.67. The predicted molar refractivity (Wildman–Crippen MR) is 59.7 cm³/mol. The van der Waals surface area contributed by atoms with E-state index in [0.29, 0.717) is 5.41 Å². The molecule has 1 rings (SSSR count). The van der Waals surface area contributed by atoms with E-state index in [1.807, 2.05) is 0 Å². The van der Waals surface area contributed by atoms with Gasteiger partial charge in [0, 0.05) is 0 Å². The molecule has 76 valence electrons. The van der Waals surface area contributed by atoms with Crippen LogP contribution in [0.15, 0.2) is 11.1 Å². The highest BCUT2D eigenvalue weighted by atomic mass is 14.4. The Hall–Kier alpha value is -0.260. The first-order valence-corrected chi connectivity index (χ1v) is 5.52. The summed E-state index contributed by atoms with van der Waals surface area (Å²) < 4.78 is 0. The molecule has 0 aliphatic heterocycles. The van der Waals surface area contributed by atoms with E-state index in [2.05, 4.69) is 41.5 Å². The van der Waals surface area contributed by atoms with Crippen molar-refractivity contribution in [3.8, 4) is 0 Å². The lowest BCUT2D eigenvalue weighted by molar-refractivity contribution is 0.162. The zero-order valence-corrected chi connectivity index (χ0v) is 10.1. The lowest BCUT2D eigenvalue weighted by Gasteiger charge is -2.42. The summed E-state index contributed by atoms with van der Waals surface area (Å²) in [6, 6.07) is 0. The van der Waals surface area contributed by atoms with Gasteiger partial charge in [-0.3, -0.25) is 0 Å². The van der Waals surface area contributed by atoms with E-state index in [4.69, 9.17) is 0 Å². The van der Waals surface area contributed by atoms with Crippen LogP contribution in [0.25, 0.3) is 0 Å². The third-order valence-electron chi connectivity index (χ3n) is 3.79. The molecule has 0 radical (unpaired) electrons. The zero-order chi connectivity index (χ0) is 10.2. The van der Waals surface area contributed by atoms with E-state index >= 15 is 0 Å². The maximum absolute atomic E-state index is 2.42. The van der Waals surface area contributed by atoms with Crippen LogP contribution in [0.5, 0.6) is 0 Å². The predicted octanol–water partition coefficient (Wildman–Crippen LogP) is 4.42. The average Bonchev–Trinajstić information content (AvgIpc) is 1.96. The van der Waals surface area contributed by atoms with Gasteiger partial charge in [0.25, 0.3) is 0 Å². The Balaban J connectivity index is 3.02. The summed E-state index contributed by atoms with van der Waals surface area (Å²) in [5, 5.41) is 0. The van der Waals surface area contributed by atoms with Crippen molar-refractivity contribution in [1.82, 2.24) is 0 Å². The molecule has 0 saturated carbocycles. The van der Waals surface area contributed by atoms with Gasteiger partial charge in [-0.25, -0.2) is 0 Å². The highest BCUT2D eigenvalue weighted by Crippen LogP contribution is 2.46. The molecule has 0 saturated heterocycles. The van der Waals surface area contributed by atoms with Crippen molar-refractivity contribution in [2.75, 3.05) is 0 Å². The van der Waals surface area contributed by atoms with E-state index in [1.165, 1.54) is 12.8 Å². The normalized spacial score (nSPS) is 28.4. The molecule has 0 nitrogen and oxygen atoms in total. The van der Waals surface area contributed by atoms with Crippen molar-refractivity contribution < 1.29 is 0 Å². The fourth-order valence-electron chi connectivity index (χ4n) is 3.12. The van der Waals surface area contributed by atoms with Crippen LogP contribution < -0.4 is 0 Å². The van der Waals surface area contributed by atoms with Crippen molar-refractivity contribution in [2.45, 2.75) is 54.4 Å². The molecule has 0 aromatic heterocycles. The molecule has 0 amide bonds. The largest absolute Gasteiger partial charge is 0.0741 e. The number of allylic oxidation sites excluding steroid dienone is 2. The third kappa shape index (κ3) is 1.98. The summed E-state index contributed by atoms with van der Waals surface area (Å²) in [7, 11) is 0. The molecule has 0 aromatic carbocycles. The second-order valence-electron chi connectivity index (χ2n) is 5.67. The Bertz CT molecular complexity index is 218. The molecule has 0 heterocycles. The van der Waals surface area contributed by atoms with Gasteiger partial charge in [-0.15, -0.1) is 0 Å². The lowest BCUT2D eigenvalue weighted by atomic mass is 9.63. The lowest BCUT2D eigenvalue weighted by Crippen LogP contribution is -2.32. The molecule has 0 spiro atoms. The van der Waals surface area contributed by atoms with Crippen LogP contribution in [0, 0.1) is 17.3 Å². The van der Waals surface area contributed by atoms with Gasteiger partial charge in [0.2, 0.25) is 0 Å². The van der Waals surface area contributed by atoms with Crippen LogP contribution in [0.3, 0.4) is 0 Å². The van der Waals surface area contributed by atoms with Crippen molar-refractivity contribution in [1.29, 1.82) is 0 Å². The van der Waals surface area contributed by atoms with E-state index in [9.17, 15) is 0 Å². The molecular weight excluding hydrogens is 156 g/mol. The Morgan fingerprint density at radius 2 is 1.77 bits per heavy atom. The van der Waals surface area contributed by atoms with Gasteiger partial charge >= 0.3 is 0 Å². The van der Waals surface area contributed by atoms with Crippen LogP contribution in [0.1, 0.15) is 54.4 Å². The topological polar surface area (TPSA) is 0 Å². The van der Waals surface area contributed by atoms with E-state index < -0.39 is 0 Å². The van der Waals surface area contributed by atoms with Gasteiger partial charge in [0.1, 0.15) is 0 Å². The highest BCUT2D eigenvalue weighted by Gasteiger charge is 2.36. The monoisotopic (exact) mass is 180 g/mol. The number of hydrogen-bond acceptors (Lipinski definition) is 0. The summed E-state index contributed by atoms with van der Waals surface area (Å²) >= 11 is 0. The molecule has 0 N–H and O–H groups in total. The molecule has 13 heavy (non-hydrogen) atoms. The summed E-state index contributed by atoms with van der Waals surface area (Å²) in [6.07, 6.45) is 2.67. The first-order chi connectivity index (χ1) is 5.86. The minimum absolute atomic E-state index is 0.512. The fraction of sp³-hybridized carbons (Fsp3) is 0.846. The van der Waals surface area contributed by atoms with Crippen LogP contribution in [0.2, 0.25) is 0 Å². The van der Waals surface area contributed by atoms with Gasteiger partial charge in [-0.1, -0.05) is 38.8 Å². The second kappa shape index (κ2) is 3.48. The maximum atomic E-state index is 2.42. The van der Waals surface area contributed by atoms with Gasteiger partial charge in [-0.2, -0.15) is 0 Å². The molecule has 0 aromatic rings. The van der Waals surface area contributed by atoms with Crippen molar-refractivity contribution in [3.05, 3.63) is 11.1 Å². The highest BCUT2D eigenvalue weighted by molar-refractivity contribution is 5.20. The first kappa shape index (κ1) is 10.8. The van der Waals surface area contributed by atoms with E-state index in [-0.39, 0.29) is 0 Å². The molecular formula is C13H24. The Morgan fingerprint density at radius 3 is 2.15 bits per heavy atom. The number of rotatable bonds is 1. The molecule has 1 atom stereocenters. The van der Waals surface area contributed by atoms with Gasteiger partial charge in [0.05, 0.1) is 0 Å². The quantitative estimate of drug-likeness (QED) is 0.524. The van der Waals surface area contributed by atoms with E-state index in [0.717, 1.165) is 11.8 Å². The Morgan fingerprint density at radius 1 is 1.23 bits per heavy atom. The van der Waals surface area contributed by atoms with Crippen molar-refractivity contribution >= 4 is 0 Å². The maximum Gasteiger partial charge on any atom is -0.0129 e. The van der Waals surface area contributed by atoms with Crippen molar-refractivity contribution in [3.63, 3.8) is 0 Å². The minimum atomic E-state index is 0.512. The first-order valence-electron chi connectivity index (χ1n) is 5.52. The van der Waals surface area contributed by atoms with Gasteiger partial charge < -0.3 is 0 Å². The summed E-state index contributed by atoms with van der Waals surface area (Å²) in [5.74, 6) is 1.58. The van der Waals surface area contributed by atoms with Crippen LogP contribution >= 0.6 is 0 Å². The zero-order valence-electron chi connectivity index (χ0n) is 10.1. The Kier molecular flexibility index (Phi) is 2.89. The van der Waals surface area contributed by atoms with Crippen LogP contribution in [-0.4, -0.2) is 0 Å². The Labute approximate surface area is 83.4 Å². The smallest absolute Gasteiger partial charge is 0.0129 e. The molecule has 1 aliphatic rings. The molecule has 0 bridgehead atoms. The average molecular weight is 180 g/mol. The minimum Gasteiger partial charge on any atom is -0.0741 e. The van der Waals surface area contributed by atoms with Crippen LogP contribution in [0.4, 0.5) is 0 Å². The van der Waals surface area contributed by atoms with Gasteiger partial charge in [-0.05, 0) is 43.9 Å². The summed E-state index contributed by atoms with van der Waals surface area (Å²) in [4.78, 5) is 0. The fourth-order valence-corrected chi connectivity index (χ4v) is 3.12. The molecule has 0 fully saturated rings.